The Bertz CT molecular complexity index is 414. The average Bonchev–Trinajstić information content (AvgIpc) is 2.25. The molecule has 0 aliphatic carbocycles. The van der Waals surface area contributed by atoms with Gasteiger partial charge in [0.05, 0.1) is 12.7 Å². The topological polar surface area (TPSA) is 46.5 Å². The molecule has 1 N–H and O–H groups in total. The number of carboxylic acids is 1. The lowest BCUT2D eigenvalue weighted by atomic mass is 10.1. The van der Waals surface area contributed by atoms with E-state index in [1.54, 1.807) is 0 Å². The Morgan fingerprint density at radius 2 is 2.19 bits per heavy atom. The van der Waals surface area contributed by atoms with Crippen LogP contribution >= 0.6 is 0 Å². The summed E-state index contributed by atoms with van der Waals surface area (Å²) in [6.07, 6.45) is -0.529. The summed E-state index contributed by atoms with van der Waals surface area (Å²) < 4.78 is 29.9. The van der Waals surface area contributed by atoms with E-state index < -0.39 is 12.4 Å². The molecule has 16 heavy (non-hydrogen) atoms. The Hall–Kier alpha value is -1.91. The standard InChI is InChI=1S/C11H10F2O3/c1-16-9-4-2-7(3-5-10(14)15)6-8(9)11(12)13/h2-6,11H,1H3,(H,14,15)/b5-3+. The number of ether oxygens (including phenoxy) is 1. The fourth-order valence-corrected chi connectivity index (χ4v) is 1.19. The highest BCUT2D eigenvalue weighted by atomic mass is 19.3. The van der Waals surface area contributed by atoms with Crippen LogP contribution in [-0.4, -0.2) is 18.2 Å². The van der Waals surface area contributed by atoms with Crippen molar-refractivity contribution in [2.75, 3.05) is 7.11 Å². The fourth-order valence-electron chi connectivity index (χ4n) is 1.19. The number of benzene rings is 1. The van der Waals surface area contributed by atoms with Crippen LogP contribution in [0.5, 0.6) is 5.75 Å². The van der Waals surface area contributed by atoms with Gasteiger partial charge in [-0.3, -0.25) is 0 Å². The predicted molar refractivity (Wildman–Crippen MR) is 54.6 cm³/mol. The van der Waals surface area contributed by atoms with Gasteiger partial charge < -0.3 is 9.84 Å². The molecule has 1 aromatic rings. The highest BCUT2D eigenvalue weighted by Crippen LogP contribution is 2.29. The summed E-state index contributed by atoms with van der Waals surface area (Å²) in [6, 6.07) is 4.08. The molecule has 0 saturated heterocycles. The maximum absolute atomic E-state index is 12.6. The zero-order valence-corrected chi connectivity index (χ0v) is 8.48. The molecule has 0 aromatic heterocycles. The second kappa shape index (κ2) is 5.25. The SMILES string of the molecule is COc1ccc(/C=C/C(=O)O)cc1C(F)F. The van der Waals surface area contributed by atoms with E-state index in [0.29, 0.717) is 5.56 Å². The van der Waals surface area contributed by atoms with Crippen LogP contribution in [0.1, 0.15) is 17.6 Å². The highest BCUT2D eigenvalue weighted by molar-refractivity contribution is 5.85. The van der Waals surface area contributed by atoms with Gasteiger partial charge in [-0.05, 0) is 23.8 Å². The molecule has 0 saturated carbocycles. The molecule has 0 aliphatic rings. The summed E-state index contributed by atoms with van der Waals surface area (Å²) in [7, 11) is 1.30. The van der Waals surface area contributed by atoms with Crippen LogP contribution in [0, 0.1) is 0 Å². The minimum Gasteiger partial charge on any atom is -0.496 e. The third kappa shape index (κ3) is 3.05. The van der Waals surface area contributed by atoms with Crippen molar-refractivity contribution >= 4 is 12.0 Å². The number of hydrogen-bond acceptors (Lipinski definition) is 2. The third-order valence-corrected chi connectivity index (χ3v) is 1.91. The number of rotatable bonds is 4. The summed E-state index contributed by atoms with van der Waals surface area (Å²) in [5, 5.41) is 8.39. The Balaban J connectivity index is 3.07. The lowest BCUT2D eigenvalue weighted by molar-refractivity contribution is -0.131. The molecule has 3 nitrogen and oxygen atoms in total. The molecule has 0 heterocycles. The molecule has 0 unspecified atom stereocenters. The van der Waals surface area contributed by atoms with Gasteiger partial charge in [-0.25, -0.2) is 13.6 Å². The number of carbonyl (C=O) groups is 1. The van der Waals surface area contributed by atoms with Crippen LogP contribution in [-0.2, 0) is 4.79 Å². The van der Waals surface area contributed by atoms with Gasteiger partial charge in [0.1, 0.15) is 5.75 Å². The number of carboxylic acid groups (broad SMARTS) is 1. The predicted octanol–water partition coefficient (Wildman–Crippen LogP) is 2.73. The van der Waals surface area contributed by atoms with Gasteiger partial charge in [-0.1, -0.05) is 6.07 Å². The molecule has 1 rings (SSSR count). The number of hydrogen-bond donors (Lipinski definition) is 1. The lowest BCUT2D eigenvalue weighted by Gasteiger charge is -2.08. The van der Waals surface area contributed by atoms with Crippen molar-refractivity contribution in [3.63, 3.8) is 0 Å². The Morgan fingerprint density at radius 3 is 2.69 bits per heavy atom. The summed E-state index contributed by atoms with van der Waals surface area (Å²) in [4.78, 5) is 10.3. The molecule has 0 bridgehead atoms. The molecule has 0 radical (unpaired) electrons. The minimum atomic E-state index is -2.66. The van der Waals surface area contributed by atoms with E-state index in [-0.39, 0.29) is 11.3 Å². The first-order chi connectivity index (χ1) is 7.54. The normalized spacial score (nSPS) is 11.0. The van der Waals surface area contributed by atoms with E-state index >= 15 is 0 Å². The quantitative estimate of drug-likeness (QED) is 0.806. The summed E-state index contributed by atoms with van der Waals surface area (Å²) in [5.41, 5.74) is 0.133. The molecule has 0 fully saturated rings. The molecule has 1 aromatic carbocycles. The average molecular weight is 228 g/mol. The first-order valence-electron chi connectivity index (χ1n) is 4.41. The third-order valence-electron chi connectivity index (χ3n) is 1.91. The summed E-state index contributed by atoms with van der Waals surface area (Å²) >= 11 is 0. The van der Waals surface area contributed by atoms with Crippen molar-refractivity contribution in [2.24, 2.45) is 0 Å². The number of aliphatic carboxylic acids is 1. The lowest BCUT2D eigenvalue weighted by Crippen LogP contribution is -1.93. The van der Waals surface area contributed by atoms with Gasteiger partial charge in [-0.15, -0.1) is 0 Å². The Kier molecular flexibility index (Phi) is 3.99. The van der Waals surface area contributed by atoms with Crippen molar-refractivity contribution in [1.29, 1.82) is 0 Å². The number of alkyl halides is 2. The molecule has 86 valence electrons. The van der Waals surface area contributed by atoms with E-state index in [4.69, 9.17) is 9.84 Å². The summed E-state index contributed by atoms with van der Waals surface area (Å²) in [5.74, 6) is -1.04. The van der Waals surface area contributed by atoms with Gasteiger partial charge in [0.2, 0.25) is 0 Å². The minimum absolute atomic E-state index is 0.0856. The van der Waals surface area contributed by atoms with Crippen molar-refractivity contribution in [3.8, 4) is 5.75 Å². The van der Waals surface area contributed by atoms with Crippen LogP contribution in [0.2, 0.25) is 0 Å². The largest absolute Gasteiger partial charge is 0.496 e. The maximum atomic E-state index is 12.6. The van der Waals surface area contributed by atoms with E-state index in [1.807, 2.05) is 0 Å². The fraction of sp³-hybridized carbons (Fsp3) is 0.182. The zero-order chi connectivity index (χ0) is 12.1. The molecular weight excluding hydrogens is 218 g/mol. The highest BCUT2D eigenvalue weighted by Gasteiger charge is 2.13. The number of halogens is 2. The van der Waals surface area contributed by atoms with E-state index in [0.717, 1.165) is 6.08 Å². The first kappa shape index (κ1) is 12.2. The zero-order valence-electron chi connectivity index (χ0n) is 8.48. The van der Waals surface area contributed by atoms with Crippen LogP contribution in [0.3, 0.4) is 0 Å². The molecule has 0 amide bonds. The molecule has 5 heteroatoms. The van der Waals surface area contributed by atoms with E-state index in [1.165, 1.54) is 31.4 Å². The molecular formula is C11H10F2O3. The van der Waals surface area contributed by atoms with Gasteiger partial charge in [0.15, 0.2) is 0 Å². The monoisotopic (exact) mass is 228 g/mol. The molecule has 0 spiro atoms. The molecule has 0 aliphatic heterocycles. The smallest absolute Gasteiger partial charge is 0.328 e. The Labute approximate surface area is 91.0 Å². The van der Waals surface area contributed by atoms with Crippen molar-refractivity contribution in [3.05, 3.63) is 35.4 Å². The van der Waals surface area contributed by atoms with Crippen LogP contribution < -0.4 is 4.74 Å². The first-order valence-corrected chi connectivity index (χ1v) is 4.41. The van der Waals surface area contributed by atoms with Crippen LogP contribution in [0.4, 0.5) is 8.78 Å². The second-order valence-electron chi connectivity index (χ2n) is 2.97. The van der Waals surface area contributed by atoms with E-state index in [2.05, 4.69) is 0 Å². The van der Waals surface area contributed by atoms with Crippen LogP contribution in [0.15, 0.2) is 24.3 Å². The number of methoxy groups -OCH3 is 1. The molecule has 0 atom stereocenters. The van der Waals surface area contributed by atoms with Crippen LogP contribution in [0.25, 0.3) is 6.08 Å². The summed E-state index contributed by atoms with van der Waals surface area (Å²) in [6.45, 7) is 0. The van der Waals surface area contributed by atoms with E-state index in [9.17, 15) is 13.6 Å². The van der Waals surface area contributed by atoms with Crippen molar-refractivity contribution in [2.45, 2.75) is 6.43 Å². The maximum Gasteiger partial charge on any atom is 0.328 e. The Morgan fingerprint density at radius 1 is 1.50 bits per heavy atom. The van der Waals surface area contributed by atoms with Gasteiger partial charge in [0, 0.05) is 6.08 Å². The van der Waals surface area contributed by atoms with Crippen molar-refractivity contribution in [1.82, 2.24) is 0 Å². The van der Waals surface area contributed by atoms with Gasteiger partial charge >= 0.3 is 5.97 Å². The van der Waals surface area contributed by atoms with Gasteiger partial charge in [-0.2, -0.15) is 0 Å². The van der Waals surface area contributed by atoms with Crippen molar-refractivity contribution < 1.29 is 23.4 Å². The van der Waals surface area contributed by atoms with Gasteiger partial charge in [0.25, 0.3) is 6.43 Å². The second-order valence-corrected chi connectivity index (χ2v) is 2.97.